The number of carbonyl (C=O) groups excluding carboxylic acids is 2. The van der Waals surface area contributed by atoms with E-state index in [-0.39, 0.29) is 29.4 Å². The van der Waals surface area contributed by atoms with Gasteiger partial charge in [-0.25, -0.2) is 0 Å². The predicted octanol–water partition coefficient (Wildman–Crippen LogP) is 4.10. The van der Waals surface area contributed by atoms with E-state index in [0.717, 1.165) is 44.9 Å². The fraction of sp³-hybridized carbons (Fsp3) is 0.700. The minimum absolute atomic E-state index is 0.00350. The van der Waals surface area contributed by atoms with E-state index in [0.29, 0.717) is 12.3 Å². The van der Waals surface area contributed by atoms with Gasteiger partial charge in [0.2, 0.25) is 0 Å². The van der Waals surface area contributed by atoms with Crippen molar-refractivity contribution < 1.29 is 19.1 Å². The van der Waals surface area contributed by atoms with Crippen molar-refractivity contribution in [3.63, 3.8) is 0 Å². The van der Waals surface area contributed by atoms with Gasteiger partial charge in [-0.1, -0.05) is 18.6 Å². The summed E-state index contributed by atoms with van der Waals surface area (Å²) in [6.45, 7) is 3.79. The molecule has 1 heterocycles. The Kier molecular flexibility index (Phi) is 5.12. The third-order valence-electron chi connectivity index (χ3n) is 6.13. The first-order valence-corrected chi connectivity index (χ1v) is 9.21. The SMILES string of the molecule is CC(=O)O[C@H]1CCCC2=CCC[C@H](CCC3CC(=O)C=CO3)[C@]21C. The van der Waals surface area contributed by atoms with Gasteiger partial charge in [0.1, 0.15) is 12.2 Å². The van der Waals surface area contributed by atoms with Crippen molar-refractivity contribution in [1.82, 2.24) is 0 Å². The lowest BCUT2D eigenvalue weighted by atomic mass is 9.57. The van der Waals surface area contributed by atoms with Crippen LogP contribution in [-0.4, -0.2) is 24.0 Å². The first-order valence-electron chi connectivity index (χ1n) is 9.21. The molecule has 0 aromatic heterocycles. The molecule has 0 spiro atoms. The molecule has 0 amide bonds. The minimum atomic E-state index is -0.182. The third-order valence-corrected chi connectivity index (χ3v) is 6.13. The van der Waals surface area contributed by atoms with Crippen molar-refractivity contribution in [2.24, 2.45) is 11.3 Å². The molecule has 0 N–H and O–H groups in total. The van der Waals surface area contributed by atoms with Crippen molar-refractivity contribution in [2.75, 3.05) is 0 Å². The highest BCUT2D eigenvalue weighted by Gasteiger charge is 2.48. The number of ether oxygens (including phenoxy) is 2. The largest absolute Gasteiger partial charge is 0.497 e. The first-order chi connectivity index (χ1) is 11.5. The normalized spacial score (nSPS) is 35.7. The van der Waals surface area contributed by atoms with E-state index in [1.807, 2.05) is 0 Å². The Bertz CT molecular complexity index is 562. The third kappa shape index (κ3) is 3.42. The van der Waals surface area contributed by atoms with Gasteiger partial charge in [-0.3, -0.25) is 9.59 Å². The number of fused-ring (bicyclic) bond motifs is 1. The Morgan fingerprint density at radius 3 is 2.96 bits per heavy atom. The Hall–Kier alpha value is -1.58. The molecule has 0 aromatic carbocycles. The summed E-state index contributed by atoms with van der Waals surface area (Å²) in [5.74, 6) is 0.446. The van der Waals surface area contributed by atoms with E-state index < -0.39 is 0 Å². The zero-order chi connectivity index (χ0) is 17.2. The van der Waals surface area contributed by atoms with Gasteiger partial charge in [0.25, 0.3) is 0 Å². The molecule has 0 aromatic rings. The van der Waals surface area contributed by atoms with Crippen LogP contribution in [0.1, 0.15) is 65.2 Å². The van der Waals surface area contributed by atoms with E-state index in [4.69, 9.17) is 9.47 Å². The van der Waals surface area contributed by atoms with E-state index >= 15 is 0 Å². The van der Waals surface area contributed by atoms with Crippen LogP contribution < -0.4 is 0 Å². The van der Waals surface area contributed by atoms with E-state index in [2.05, 4.69) is 13.0 Å². The first kappa shape index (κ1) is 17.2. The monoisotopic (exact) mass is 332 g/mol. The Balaban J connectivity index is 1.71. The van der Waals surface area contributed by atoms with Crippen molar-refractivity contribution in [3.05, 3.63) is 24.0 Å². The van der Waals surface area contributed by atoms with Crippen LogP contribution in [0.25, 0.3) is 0 Å². The second kappa shape index (κ2) is 7.12. The fourth-order valence-electron chi connectivity index (χ4n) is 4.81. The fourth-order valence-corrected chi connectivity index (χ4v) is 4.81. The summed E-state index contributed by atoms with van der Waals surface area (Å²) in [5, 5.41) is 0. The average molecular weight is 332 g/mol. The van der Waals surface area contributed by atoms with Crippen molar-refractivity contribution in [3.8, 4) is 0 Å². The molecular weight excluding hydrogens is 304 g/mol. The molecule has 3 rings (SSSR count). The zero-order valence-corrected chi connectivity index (χ0v) is 14.8. The van der Waals surface area contributed by atoms with Crippen LogP contribution in [0.2, 0.25) is 0 Å². The molecule has 1 fully saturated rings. The van der Waals surface area contributed by atoms with Crippen molar-refractivity contribution in [2.45, 2.75) is 77.4 Å². The molecule has 4 heteroatoms. The van der Waals surface area contributed by atoms with Crippen molar-refractivity contribution >= 4 is 11.8 Å². The second-order valence-electron chi connectivity index (χ2n) is 7.59. The van der Waals surface area contributed by atoms with Gasteiger partial charge in [-0.15, -0.1) is 0 Å². The molecule has 4 atom stereocenters. The molecule has 2 aliphatic carbocycles. The molecular formula is C20H28O4. The highest BCUT2D eigenvalue weighted by Crippen LogP contribution is 2.53. The summed E-state index contributed by atoms with van der Waals surface area (Å²) in [7, 11) is 0. The van der Waals surface area contributed by atoms with Crippen LogP contribution >= 0.6 is 0 Å². The molecule has 3 aliphatic rings. The van der Waals surface area contributed by atoms with Crippen LogP contribution in [0.3, 0.4) is 0 Å². The second-order valence-corrected chi connectivity index (χ2v) is 7.59. The Morgan fingerprint density at radius 1 is 1.38 bits per heavy atom. The topological polar surface area (TPSA) is 52.6 Å². The summed E-state index contributed by atoms with van der Waals surface area (Å²) in [6, 6.07) is 0. The van der Waals surface area contributed by atoms with Gasteiger partial charge in [0, 0.05) is 24.8 Å². The number of hydrogen-bond donors (Lipinski definition) is 0. The molecule has 0 bridgehead atoms. The highest BCUT2D eigenvalue weighted by atomic mass is 16.5. The van der Waals surface area contributed by atoms with Crippen molar-refractivity contribution in [1.29, 1.82) is 0 Å². The van der Waals surface area contributed by atoms with Gasteiger partial charge in [0.05, 0.1) is 6.26 Å². The maximum atomic E-state index is 11.6. The van der Waals surface area contributed by atoms with Gasteiger partial charge >= 0.3 is 5.97 Å². The summed E-state index contributed by atoms with van der Waals surface area (Å²) in [6.07, 6.45) is 13.2. The molecule has 1 aliphatic heterocycles. The lowest BCUT2D eigenvalue weighted by molar-refractivity contribution is -0.156. The minimum Gasteiger partial charge on any atom is -0.497 e. The predicted molar refractivity (Wildman–Crippen MR) is 91.2 cm³/mol. The summed E-state index contributed by atoms with van der Waals surface area (Å²) in [4.78, 5) is 23.1. The number of hydrogen-bond acceptors (Lipinski definition) is 4. The van der Waals surface area contributed by atoms with Crippen LogP contribution in [0.4, 0.5) is 0 Å². The number of allylic oxidation sites excluding steroid dienone is 2. The van der Waals surface area contributed by atoms with E-state index in [1.54, 1.807) is 0 Å². The van der Waals surface area contributed by atoms with Gasteiger partial charge in [-0.2, -0.15) is 0 Å². The number of ketones is 1. The molecule has 1 saturated carbocycles. The summed E-state index contributed by atoms with van der Waals surface area (Å²) in [5.41, 5.74) is 1.41. The van der Waals surface area contributed by atoms with Gasteiger partial charge < -0.3 is 9.47 Å². The molecule has 24 heavy (non-hydrogen) atoms. The molecule has 0 radical (unpaired) electrons. The Morgan fingerprint density at radius 2 is 2.21 bits per heavy atom. The molecule has 4 nitrogen and oxygen atoms in total. The highest BCUT2D eigenvalue weighted by molar-refractivity contribution is 5.90. The number of carbonyl (C=O) groups is 2. The Labute approximate surface area is 144 Å². The molecule has 1 unspecified atom stereocenters. The van der Waals surface area contributed by atoms with E-state index in [9.17, 15) is 9.59 Å². The zero-order valence-electron chi connectivity index (χ0n) is 14.8. The van der Waals surface area contributed by atoms with E-state index in [1.165, 1.54) is 24.8 Å². The summed E-state index contributed by atoms with van der Waals surface area (Å²) < 4.78 is 11.3. The van der Waals surface area contributed by atoms with Gasteiger partial charge in [0.15, 0.2) is 5.78 Å². The van der Waals surface area contributed by atoms with Crippen LogP contribution in [0, 0.1) is 11.3 Å². The van der Waals surface area contributed by atoms with Gasteiger partial charge in [-0.05, 0) is 50.9 Å². The lowest BCUT2D eigenvalue weighted by Gasteiger charge is -2.50. The van der Waals surface area contributed by atoms with Crippen LogP contribution in [0.5, 0.6) is 0 Å². The molecule has 0 saturated heterocycles. The maximum absolute atomic E-state index is 11.6. The standard InChI is InChI=1S/C20H28O4/c1-14(21)24-19-8-4-7-15-5-3-6-16(20(15,19)2)9-10-18-13-17(22)11-12-23-18/h5,11-12,16,18-19H,3-4,6-10,13H2,1-2H3/t16-,18?,19+,20+/m1/s1. The summed E-state index contributed by atoms with van der Waals surface area (Å²) >= 11 is 0. The number of esters is 1. The molecule has 132 valence electrons. The smallest absolute Gasteiger partial charge is 0.302 e. The lowest BCUT2D eigenvalue weighted by Crippen LogP contribution is -2.47. The quantitative estimate of drug-likeness (QED) is 0.574. The average Bonchev–Trinajstić information content (AvgIpc) is 2.53. The maximum Gasteiger partial charge on any atom is 0.302 e. The number of rotatable bonds is 4. The van der Waals surface area contributed by atoms with Crippen LogP contribution in [0.15, 0.2) is 24.0 Å². The van der Waals surface area contributed by atoms with Crippen LogP contribution in [-0.2, 0) is 19.1 Å².